The number of nitrogens with zero attached hydrogens (tertiary/aromatic N) is 4. The third-order valence-electron chi connectivity index (χ3n) is 4.85. The molecule has 0 unspecified atom stereocenters. The lowest BCUT2D eigenvalue weighted by Crippen LogP contribution is -2.38. The molecule has 1 aliphatic heterocycles. The van der Waals surface area contributed by atoms with E-state index in [-0.39, 0.29) is 0 Å². The molecular weight excluding hydrogens is 300 g/mol. The summed E-state index contributed by atoms with van der Waals surface area (Å²) in [7, 11) is 0. The SMILES string of the molecule is O=C(C1CCCC1)N1CCCN(CCn2cc(Cl)cn2)CC1. The number of carbonyl (C=O) groups is 1. The van der Waals surface area contributed by atoms with Gasteiger partial charge in [-0.3, -0.25) is 14.4 Å². The summed E-state index contributed by atoms with van der Waals surface area (Å²) >= 11 is 5.88. The molecule has 2 heterocycles. The van der Waals surface area contributed by atoms with Gasteiger partial charge >= 0.3 is 0 Å². The lowest BCUT2D eigenvalue weighted by atomic mass is 10.1. The van der Waals surface area contributed by atoms with E-state index in [9.17, 15) is 4.79 Å². The van der Waals surface area contributed by atoms with Crippen LogP contribution in [0.1, 0.15) is 32.1 Å². The summed E-state index contributed by atoms with van der Waals surface area (Å²) in [5, 5.41) is 4.90. The number of aromatic nitrogens is 2. The molecule has 0 spiro atoms. The number of halogens is 1. The van der Waals surface area contributed by atoms with E-state index < -0.39 is 0 Å². The Labute approximate surface area is 137 Å². The highest BCUT2D eigenvalue weighted by atomic mass is 35.5. The first-order chi connectivity index (χ1) is 10.7. The number of rotatable bonds is 4. The van der Waals surface area contributed by atoms with Gasteiger partial charge in [-0.15, -0.1) is 0 Å². The normalized spacial score (nSPS) is 21.2. The Kier molecular flexibility index (Phi) is 5.37. The molecule has 6 heteroatoms. The van der Waals surface area contributed by atoms with Crippen molar-refractivity contribution in [1.29, 1.82) is 0 Å². The summed E-state index contributed by atoms with van der Waals surface area (Å²) in [6.45, 7) is 5.62. The number of hydrogen-bond acceptors (Lipinski definition) is 3. The highest BCUT2D eigenvalue weighted by Gasteiger charge is 2.28. The van der Waals surface area contributed by atoms with Crippen LogP contribution >= 0.6 is 11.6 Å². The molecule has 1 aliphatic carbocycles. The van der Waals surface area contributed by atoms with Gasteiger partial charge in [0, 0.05) is 38.3 Å². The molecule has 1 saturated carbocycles. The Bertz CT molecular complexity index is 498. The maximum absolute atomic E-state index is 12.5. The van der Waals surface area contributed by atoms with Gasteiger partial charge in [0.15, 0.2) is 0 Å². The average molecular weight is 325 g/mol. The first-order valence-electron chi connectivity index (χ1n) is 8.41. The molecule has 22 heavy (non-hydrogen) atoms. The lowest BCUT2D eigenvalue weighted by Gasteiger charge is -2.24. The van der Waals surface area contributed by atoms with E-state index >= 15 is 0 Å². The van der Waals surface area contributed by atoms with E-state index in [0.717, 1.165) is 58.5 Å². The minimum absolute atomic E-state index is 0.303. The van der Waals surface area contributed by atoms with Crippen molar-refractivity contribution in [2.75, 3.05) is 32.7 Å². The molecule has 0 bridgehead atoms. The summed E-state index contributed by atoms with van der Waals surface area (Å²) < 4.78 is 1.88. The van der Waals surface area contributed by atoms with Crippen molar-refractivity contribution in [2.45, 2.75) is 38.6 Å². The van der Waals surface area contributed by atoms with Crippen LogP contribution in [-0.4, -0.2) is 58.2 Å². The molecule has 1 aromatic heterocycles. The predicted octanol–water partition coefficient (Wildman–Crippen LogP) is 2.26. The van der Waals surface area contributed by atoms with Crippen LogP contribution in [0.25, 0.3) is 0 Å². The fourth-order valence-corrected chi connectivity index (χ4v) is 3.71. The molecular formula is C16H25ClN4O. The summed E-state index contributed by atoms with van der Waals surface area (Å²) in [5.74, 6) is 0.705. The Hall–Kier alpha value is -1.07. The van der Waals surface area contributed by atoms with Crippen molar-refractivity contribution < 1.29 is 4.79 Å². The van der Waals surface area contributed by atoms with Crippen molar-refractivity contribution in [3.8, 4) is 0 Å². The maximum Gasteiger partial charge on any atom is 0.225 e. The van der Waals surface area contributed by atoms with E-state index in [1.54, 1.807) is 6.20 Å². The van der Waals surface area contributed by atoms with Gasteiger partial charge in [0.1, 0.15) is 0 Å². The van der Waals surface area contributed by atoms with Crippen molar-refractivity contribution in [3.63, 3.8) is 0 Å². The Morgan fingerprint density at radius 1 is 1.14 bits per heavy atom. The zero-order valence-corrected chi connectivity index (χ0v) is 13.8. The summed E-state index contributed by atoms with van der Waals surface area (Å²) in [6, 6.07) is 0. The predicted molar refractivity (Wildman–Crippen MR) is 86.8 cm³/mol. The Morgan fingerprint density at radius 3 is 2.68 bits per heavy atom. The standard InChI is InChI=1S/C16H25ClN4O/c17-15-12-18-21(13-15)11-9-19-6-3-7-20(10-8-19)16(22)14-4-1-2-5-14/h12-14H,1-11H2. The van der Waals surface area contributed by atoms with Crippen molar-refractivity contribution >= 4 is 17.5 Å². The summed E-state index contributed by atoms with van der Waals surface area (Å²) in [5.41, 5.74) is 0. The average Bonchev–Trinajstić information content (AvgIpc) is 3.12. The minimum atomic E-state index is 0.303. The van der Waals surface area contributed by atoms with Crippen LogP contribution in [0, 0.1) is 5.92 Å². The number of hydrogen-bond donors (Lipinski definition) is 0. The third-order valence-corrected chi connectivity index (χ3v) is 5.05. The van der Waals surface area contributed by atoms with Gasteiger partial charge in [-0.05, 0) is 25.8 Å². The van der Waals surface area contributed by atoms with E-state index in [4.69, 9.17) is 11.6 Å². The Balaban J connectivity index is 1.46. The van der Waals surface area contributed by atoms with Gasteiger partial charge in [0.05, 0.1) is 17.8 Å². The highest BCUT2D eigenvalue weighted by molar-refractivity contribution is 6.30. The largest absolute Gasteiger partial charge is 0.341 e. The second-order valence-electron chi connectivity index (χ2n) is 6.42. The monoisotopic (exact) mass is 324 g/mol. The highest BCUT2D eigenvalue weighted by Crippen LogP contribution is 2.26. The van der Waals surface area contributed by atoms with Crippen LogP contribution in [0.3, 0.4) is 0 Å². The van der Waals surface area contributed by atoms with Gasteiger partial charge in [-0.2, -0.15) is 5.10 Å². The molecule has 122 valence electrons. The van der Waals surface area contributed by atoms with Crippen LogP contribution in [0.15, 0.2) is 12.4 Å². The molecule has 0 aromatic carbocycles. The zero-order valence-electron chi connectivity index (χ0n) is 13.1. The van der Waals surface area contributed by atoms with Crippen LogP contribution in [0.2, 0.25) is 5.02 Å². The fraction of sp³-hybridized carbons (Fsp3) is 0.750. The first-order valence-corrected chi connectivity index (χ1v) is 8.79. The second-order valence-corrected chi connectivity index (χ2v) is 6.86. The van der Waals surface area contributed by atoms with Gasteiger partial charge in [0.2, 0.25) is 5.91 Å². The van der Waals surface area contributed by atoms with E-state index in [1.165, 1.54) is 12.8 Å². The van der Waals surface area contributed by atoms with Crippen molar-refractivity contribution in [3.05, 3.63) is 17.4 Å². The molecule has 0 N–H and O–H groups in total. The quantitative estimate of drug-likeness (QED) is 0.853. The summed E-state index contributed by atoms with van der Waals surface area (Å²) in [4.78, 5) is 17.0. The van der Waals surface area contributed by atoms with Crippen LogP contribution in [0.4, 0.5) is 0 Å². The van der Waals surface area contributed by atoms with Crippen molar-refractivity contribution in [2.24, 2.45) is 5.92 Å². The van der Waals surface area contributed by atoms with Gasteiger partial charge in [0.25, 0.3) is 0 Å². The molecule has 0 radical (unpaired) electrons. The van der Waals surface area contributed by atoms with Crippen LogP contribution in [-0.2, 0) is 11.3 Å². The van der Waals surface area contributed by atoms with Gasteiger partial charge in [-0.25, -0.2) is 0 Å². The number of amides is 1. The van der Waals surface area contributed by atoms with Gasteiger partial charge < -0.3 is 4.90 Å². The lowest BCUT2D eigenvalue weighted by molar-refractivity contribution is -0.135. The molecule has 1 amide bonds. The zero-order chi connectivity index (χ0) is 15.4. The second kappa shape index (κ2) is 7.47. The number of carbonyl (C=O) groups excluding carboxylic acids is 1. The molecule has 0 atom stereocenters. The van der Waals surface area contributed by atoms with E-state index in [1.807, 2.05) is 10.9 Å². The molecule has 1 saturated heterocycles. The smallest absolute Gasteiger partial charge is 0.225 e. The molecule has 3 rings (SSSR count). The van der Waals surface area contributed by atoms with Crippen LogP contribution in [0.5, 0.6) is 0 Å². The third kappa shape index (κ3) is 4.02. The molecule has 1 aromatic rings. The summed E-state index contributed by atoms with van der Waals surface area (Å²) in [6.07, 6.45) is 9.24. The fourth-order valence-electron chi connectivity index (χ4n) is 3.55. The topological polar surface area (TPSA) is 41.4 Å². The van der Waals surface area contributed by atoms with Crippen molar-refractivity contribution in [1.82, 2.24) is 19.6 Å². The van der Waals surface area contributed by atoms with Gasteiger partial charge in [-0.1, -0.05) is 24.4 Å². The van der Waals surface area contributed by atoms with E-state index in [0.29, 0.717) is 16.8 Å². The minimum Gasteiger partial charge on any atom is -0.341 e. The molecule has 2 fully saturated rings. The maximum atomic E-state index is 12.5. The Morgan fingerprint density at radius 2 is 1.95 bits per heavy atom. The first kappa shape index (κ1) is 15.8. The van der Waals surface area contributed by atoms with Crippen LogP contribution < -0.4 is 0 Å². The molecule has 2 aliphatic rings. The van der Waals surface area contributed by atoms with E-state index in [2.05, 4.69) is 14.9 Å². The molecule has 5 nitrogen and oxygen atoms in total.